The molecule has 2 heterocycles. The number of aryl methyl sites for hydroxylation is 1. The number of carbonyl (C=O) groups excluding carboxylic acids is 1. The molecule has 0 fully saturated rings. The minimum Gasteiger partial charge on any atom is -1.00 e. The van der Waals surface area contributed by atoms with Crippen LogP contribution in [0.5, 0.6) is 0 Å². The van der Waals surface area contributed by atoms with Gasteiger partial charge < -0.3 is 29.0 Å². The van der Waals surface area contributed by atoms with Crippen LogP contribution in [0, 0.1) is 6.92 Å². The van der Waals surface area contributed by atoms with E-state index in [4.69, 9.17) is 5.73 Å². The summed E-state index contributed by atoms with van der Waals surface area (Å²) in [4.78, 5) is 17.0. The lowest BCUT2D eigenvalue weighted by Crippen LogP contribution is -3.00. The van der Waals surface area contributed by atoms with Gasteiger partial charge in [0.25, 0.3) is 0 Å². The molecule has 0 saturated heterocycles. The molecule has 0 atom stereocenters. The van der Waals surface area contributed by atoms with Crippen LogP contribution in [-0.4, -0.2) is 16.0 Å². The maximum atomic E-state index is 10.5. The van der Waals surface area contributed by atoms with Gasteiger partial charge in [-0.2, -0.15) is 9.36 Å². The Hall–Kier alpha value is -1.44. The number of imidazole rings is 1. The van der Waals surface area contributed by atoms with Crippen molar-refractivity contribution >= 4 is 6.03 Å². The van der Waals surface area contributed by atoms with E-state index in [1.54, 1.807) is 37.2 Å². The minimum atomic E-state index is -0.455. The molecule has 0 unspecified atom stereocenters. The number of primary amides is 1. The van der Waals surface area contributed by atoms with Crippen molar-refractivity contribution in [2.75, 3.05) is 0 Å². The fraction of sp³-hybridized carbons (Fsp3) is 0.100. The van der Waals surface area contributed by atoms with E-state index in [2.05, 4.69) is 9.97 Å². The van der Waals surface area contributed by atoms with E-state index in [0.29, 0.717) is 0 Å². The highest BCUT2D eigenvalue weighted by Crippen LogP contribution is 1.87. The molecule has 6 heteroatoms. The number of hydrogen-bond acceptors (Lipinski definition) is 2. The van der Waals surface area contributed by atoms with E-state index in [9.17, 15) is 4.79 Å². The van der Waals surface area contributed by atoms with Gasteiger partial charge in [0.15, 0.2) is 0 Å². The molecule has 0 aliphatic carbocycles. The van der Waals surface area contributed by atoms with Crippen LogP contribution in [0.3, 0.4) is 0 Å². The standard InChI is InChI=1S/C7H8N2O.C3H4N2.HI/c1-6-3-2-4-9(5-6)7(8)10;1-2-5-3-4-1;/h2-5H,1H3,(H-,8,10);1-3H,(H,4,5);1H. The predicted molar refractivity (Wildman–Crippen MR) is 54.9 cm³/mol. The molecule has 0 aliphatic rings. The van der Waals surface area contributed by atoms with E-state index in [1.807, 2.05) is 13.0 Å². The van der Waals surface area contributed by atoms with Gasteiger partial charge in [0.05, 0.1) is 12.5 Å². The lowest BCUT2D eigenvalue weighted by molar-refractivity contribution is -0.570. The van der Waals surface area contributed by atoms with Crippen LogP contribution < -0.4 is 34.3 Å². The van der Waals surface area contributed by atoms with Gasteiger partial charge in [0.2, 0.25) is 0 Å². The fourth-order valence-electron chi connectivity index (χ4n) is 0.945. The molecule has 2 rings (SSSR count). The largest absolute Gasteiger partial charge is 1.00 e. The molecule has 16 heavy (non-hydrogen) atoms. The average molecular weight is 332 g/mol. The summed E-state index contributed by atoms with van der Waals surface area (Å²) in [5.74, 6) is 0. The maximum Gasteiger partial charge on any atom is 0.493 e. The number of halogens is 1. The maximum absolute atomic E-state index is 10.5. The average Bonchev–Trinajstić information content (AvgIpc) is 2.75. The number of aromatic amines is 1. The first-order valence-electron chi connectivity index (χ1n) is 4.40. The monoisotopic (exact) mass is 332 g/mol. The van der Waals surface area contributed by atoms with Crippen LogP contribution in [-0.2, 0) is 0 Å². The second-order valence-corrected chi connectivity index (χ2v) is 2.89. The van der Waals surface area contributed by atoms with Crippen LogP contribution in [0.1, 0.15) is 5.56 Å². The number of H-pyrrole nitrogens is 1. The smallest absolute Gasteiger partial charge is 0.493 e. The molecular weight excluding hydrogens is 319 g/mol. The predicted octanol–water partition coefficient (Wildman–Crippen LogP) is -2.38. The van der Waals surface area contributed by atoms with Gasteiger partial charge in [-0.3, -0.25) is 5.73 Å². The zero-order valence-electron chi connectivity index (χ0n) is 8.80. The molecule has 0 aliphatic heterocycles. The lowest BCUT2D eigenvalue weighted by Gasteiger charge is -1.91. The number of rotatable bonds is 0. The number of nitrogens with one attached hydrogen (secondary N) is 1. The van der Waals surface area contributed by atoms with Crippen LogP contribution >= 0.6 is 0 Å². The van der Waals surface area contributed by atoms with Crippen molar-refractivity contribution in [3.8, 4) is 0 Å². The normalized spacial score (nSPS) is 8.31. The highest BCUT2D eigenvalue weighted by Gasteiger charge is 2.02. The molecule has 2 aromatic rings. The van der Waals surface area contributed by atoms with E-state index < -0.39 is 6.03 Å². The molecule has 0 radical (unpaired) electrons. The number of amides is 1. The van der Waals surface area contributed by atoms with Crippen molar-refractivity contribution in [1.82, 2.24) is 9.97 Å². The first kappa shape index (κ1) is 14.6. The summed E-state index contributed by atoms with van der Waals surface area (Å²) in [5, 5.41) is 0. The van der Waals surface area contributed by atoms with Gasteiger partial charge in [-0.05, 0) is 18.6 Å². The summed E-state index contributed by atoms with van der Waals surface area (Å²) in [6.45, 7) is 1.90. The number of hydrogen-bond donors (Lipinski definition) is 2. The Morgan fingerprint density at radius 3 is 2.62 bits per heavy atom. The van der Waals surface area contributed by atoms with Crippen LogP contribution in [0.2, 0.25) is 0 Å². The van der Waals surface area contributed by atoms with Gasteiger partial charge in [-0.1, -0.05) is 6.07 Å². The molecule has 5 nitrogen and oxygen atoms in total. The van der Waals surface area contributed by atoms with Crippen LogP contribution in [0.4, 0.5) is 4.79 Å². The molecule has 0 bridgehead atoms. The summed E-state index contributed by atoms with van der Waals surface area (Å²) in [6.07, 6.45) is 8.39. The Labute approximate surface area is 111 Å². The molecule has 0 spiro atoms. The minimum absolute atomic E-state index is 0. The van der Waals surface area contributed by atoms with Crippen molar-refractivity contribution in [3.63, 3.8) is 0 Å². The van der Waals surface area contributed by atoms with Crippen LogP contribution in [0.25, 0.3) is 0 Å². The Kier molecular flexibility index (Phi) is 7.10. The Bertz CT molecular complexity index is 399. The zero-order valence-corrected chi connectivity index (χ0v) is 11.0. The van der Waals surface area contributed by atoms with Crippen molar-refractivity contribution in [2.24, 2.45) is 5.73 Å². The Morgan fingerprint density at radius 2 is 2.31 bits per heavy atom. The number of nitrogens with two attached hydrogens (primary N) is 1. The third kappa shape index (κ3) is 5.44. The van der Waals surface area contributed by atoms with E-state index in [1.165, 1.54) is 4.57 Å². The Morgan fingerprint density at radius 1 is 1.56 bits per heavy atom. The second kappa shape index (κ2) is 7.80. The summed E-state index contributed by atoms with van der Waals surface area (Å²) < 4.78 is 1.34. The second-order valence-electron chi connectivity index (χ2n) is 2.89. The third-order valence-electron chi connectivity index (χ3n) is 1.61. The van der Waals surface area contributed by atoms with Crippen molar-refractivity contribution in [3.05, 3.63) is 48.8 Å². The van der Waals surface area contributed by atoms with Crippen molar-refractivity contribution in [1.29, 1.82) is 0 Å². The quantitative estimate of drug-likeness (QED) is 0.418. The summed E-state index contributed by atoms with van der Waals surface area (Å²) in [5.41, 5.74) is 6.02. The SMILES string of the molecule is Cc1ccc[n+](C(N)=O)c1.[I-].c1c[nH]cn1. The number of aromatic nitrogens is 3. The van der Waals surface area contributed by atoms with Crippen LogP contribution in [0.15, 0.2) is 43.2 Å². The molecule has 0 saturated carbocycles. The number of carbonyl (C=O) groups is 1. The topological polar surface area (TPSA) is 75.7 Å². The highest BCUT2D eigenvalue weighted by atomic mass is 127. The number of nitrogens with zero attached hydrogens (tertiary/aromatic N) is 2. The first-order valence-corrected chi connectivity index (χ1v) is 4.40. The molecular formula is C10H13IN4O. The van der Waals surface area contributed by atoms with E-state index in [0.717, 1.165) is 5.56 Å². The molecule has 86 valence electrons. The summed E-state index contributed by atoms with van der Waals surface area (Å²) in [7, 11) is 0. The van der Waals surface area contributed by atoms with Gasteiger partial charge in [0, 0.05) is 12.4 Å². The van der Waals surface area contributed by atoms with Gasteiger partial charge in [-0.25, -0.2) is 4.98 Å². The molecule has 1 amide bonds. The van der Waals surface area contributed by atoms with Crippen molar-refractivity contribution < 1.29 is 33.3 Å². The van der Waals surface area contributed by atoms with Gasteiger partial charge >= 0.3 is 6.03 Å². The van der Waals surface area contributed by atoms with Crippen molar-refractivity contribution in [2.45, 2.75) is 6.92 Å². The third-order valence-corrected chi connectivity index (χ3v) is 1.61. The van der Waals surface area contributed by atoms with Gasteiger partial charge in [0.1, 0.15) is 6.20 Å². The molecule has 3 N–H and O–H groups in total. The Balaban J connectivity index is 0.000000318. The van der Waals surface area contributed by atoms with E-state index in [-0.39, 0.29) is 24.0 Å². The number of pyridine rings is 1. The molecule has 0 aromatic carbocycles. The van der Waals surface area contributed by atoms with E-state index >= 15 is 0 Å². The zero-order chi connectivity index (χ0) is 11.1. The first-order chi connectivity index (χ1) is 7.20. The highest BCUT2D eigenvalue weighted by molar-refractivity contribution is 5.61. The lowest BCUT2D eigenvalue weighted by atomic mass is 10.3. The molecule has 2 aromatic heterocycles. The summed E-state index contributed by atoms with van der Waals surface area (Å²) >= 11 is 0. The van der Waals surface area contributed by atoms with Gasteiger partial charge in [-0.15, -0.1) is 0 Å². The fourth-order valence-corrected chi connectivity index (χ4v) is 0.945. The summed E-state index contributed by atoms with van der Waals surface area (Å²) in [6, 6.07) is 3.23.